The van der Waals surface area contributed by atoms with Gasteiger partial charge in [-0.15, -0.1) is 12.4 Å². The molecule has 0 aliphatic heterocycles. The second-order valence-electron chi connectivity index (χ2n) is 1.72. The van der Waals surface area contributed by atoms with Gasteiger partial charge in [0.1, 0.15) is 0 Å². The number of nitrogens with two attached hydrogens (primary N) is 1. The maximum Gasteiger partial charge on any atom is 0.0909 e. The summed E-state index contributed by atoms with van der Waals surface area (Å²) in [4.78, 5) is 0. The maximum absolute atomic E-state index is 11.4. The van der Waals surface area contributed by atoms with Crippen molar-refractivity contribution in [1.82, 2.24) is 0 Å². The molecule has 0 aromatic rings. The Morgan fingerprint density at radius 2 is 1.44 bits per heavy atom. The molecule has 4 heteroatoms. The molecule has 2 N–H and O–H groups in total. The average Bonchev–Trinajstić information content (AvgIpc) is 1.68. The minimum absolute atomic E-state index is 0. The van der Waals surface area contributed by atoms with Crippen LogP contribution in [0, 0.1) is 0 Å². The van der Waals surface area contributed by atoms with Gasteiger partial charge in [0.25, 0.3) is 0 Å². The number of hydrogen-bond acceptors (Lipinski definition) is 1. The molecule has 0 saturated carbocycles. The Hall–Kier alpha value is 0.110. The molecule has 0 saturated heterocycles. The molecule has 0 aromatic heterocycles. The van der Waals surface area contributed by atoms with Crippen LogP contribution in [0.4, 0.5) is 8.78 Å². The van der Waals surface area contributed by atoms with Crippen molar-refractivity contribution in [3.8, 4) is 0 Å². The predicted molar refractivity (Wildman–Crippen MR) is 36.4 cm³/mol. The lowest BCUT2D eigenvalue weighted by molar-refractivity contribution is 0.386. The summed E-state index contributed by atoms with van der Waals surface area (Å²) < 4.78 is 22.7. The summed E-state index contributed by atoms with van der Waals surface area (Å²) in [6, 6.07) is -0.287. The molecular weight excluding hydrogens is 148 g/mol. The number of halogens is 3. The zero-order valence-electron chi connectivity index (χ0n) is 5.15. The van der Waals surface area contributed by atoms with E-state index < -0.39 is 13.3 Å². The lowest BCUT2D eigenvalue weighted by Gasteiger charge is -2.03. The van der Waals surface area contributed by atoms with E-state index in [1.165, 1.54) is 0 Å². The smallest absolute Gasteiger partial charge is 0.0909 e. The summed E-state index contributed by atoms with van der Waals surface area (Å²) in [6.07, 6.45) is 0.563. The van der Waals surface area contributed by atoms with Crippen molar-refractivity contribution in [3.05, 3.63) is 0 Å². The first-order valence-electron chi connectivity index (χ1n) is 2.68. The van der Waals surface area contributed by atoms with Gasteiger partial charge in [-0.05, 0) is 12.8 Å². The van der Waals surface area contributed by atoms with Crippen molar-refractivity contribution in [2.45, 2.75) is 18.9 Å². The molecule has 0 aliphatic rings. The van der Waals surface area contributed by atoms with Crippen LogP contribution < -0.4 is 5.73 Å². The molecule has 0 atom stereocenters. The maximum atomic E-state index is 11.4. The van der Waals surface area contributed by atoms with E-state index in [1.807, 2.05) is 0 Å². The molecular formula is C5H12ClF2N. The standard InChI is InChI=1S/C5H11F2N.ClH/c6-3-1-5(8)2-4-7;/h5H,1-4,8H2;1H. The Morgan fingerprint density at radius 3 is 1.67 bits per heavy atom. The first-order chi connectivity index (χ1) is 3.81. The van der Waals surface area contributed by atoms with Crippen LogP contribution in [-0.2, 0) is 0 Å². The summed E-state index contributed by atoms with van der Waals surface area (Å²) in [5.41, 5.74) is 5.21. The molecule has 58 valence electrons. The first-order valence-corrected chi connectivity index (χ1v) is 2.68. The third-order valence-corrected chi connectivity index (χ3v) is 0.960. The fourth-order valence-electron chi connectivity index (χ4n) is 0.425. The third kappa shape index (κ3) is 8.11. The molecule has 0 spiro atoms. The predicted octanol–water partition coefficient (Wildman–Crippen LogP) is 1.45. The number of alkyl halides is 2. The average molecular weight is 160 g/mol. The summed E-state index contributed by atoms with van der Waals surface area (Å²) in [5.74, 6) is 0. The summed E-state index contributed by atoms with van der Waals surface area (Å²) in [6.45, 7) is -0.887. The van der Waals surface area contributed by atoms with Gasteiger partial charge in [-0.25, -0.2) is 0 Å². The van der Waals surface area contributed by atoms with Crippen LogP contribution >= 0.6 is 12.4 Å². The highest BCUT2D eigenvalue weighted by Crippen LogP contribution is 1.94. The zero-order chi connectivity index (χ0) is 6.41. The van der Waals surface area contributed by atoms with E-state index in [9.17, 15) is 8.78 Å². The highest BCUT2D eigenvalue weighted by atomic mass is 35.5. The fraction of sp³-hybridized carbons (Fsp3) is 1.00. The van der Waals surface area contributed by atoms with Gasteiger partial charge in [-0.1, -0.05) is 0 Å². The van der Waals surface area contributed by atoms with Crippen molar-refractivity contribution in [3.63, 3.8) is 0 Å². The van der Waals surface area contributed by atoms with Gasteiger partial charge in [0.15, 0.2) is 0 Å². The van der Waals surface area contributed by atoms with Crippen LogP contribution in [0.2, 0.25) is 0 Å². The highest BCUT2D eigenvalue weighted by molar-refractivity contribution is 5.85. The van der Waals surface area contributed by atoms with Crippen molar-refractivity contribution >= 4 is 12.4 Å². The lowest BCUT2D eigenvalue weighted by Crippen LogP contribution is -2.20. The molecule has 0 radical (unpaired) electrons. The van der Waals surface area contributed by atoms with Gasteiger partial charge in [0.2, 0.25) is 0 Å². The van der Waals surface area contributed by atoms with E-state index in [2.05, 4.69) is 0 Å². The summed E-state index contributed by atoms with van der Waals surface area (Å²) >= 11 is 0. The second kappa shape index (κ2) is 8.11. The van der Waals surface area contributed by atoms with Crippen molar-refractivity contribution in [1.29, 1.82) is 0 Å². The highest BCUT2D eigenvalue weighted by Gasteiger charge is 1.99. The van der Waals surface area contributed by atoms with Gasteiger partial charge < -0.3 is 5.73 Å². The minimum Gasteiger partial charge on any atom is -0.328 e. The van der Waals surface area contributed by atoms with E-state index in [4.69, 9.17) is 5.73 Å². The zero-order valence-corrected chi connectivity index (χ0v) is 5.96. The SMILES string of the molecule is Cl.NC(CCF)CCF. The largest absolute Gasteiger partial charge is 0.328 e. The Balaban J connectivity index is 0. The number of rotatable bonds is 4. The third-order valence-electron chi connectivity index (χ3n) is 0.960. The topological polar surface area (TPSA) is 26.0 Å². The van der Waals surface area contributed by atoms with E-state index in [1.54, 1.807) is 0 Å². The normalized spacial score (nSPS) is 9.33. The van der Waals surface area contributed by atoms with Crippen LogP contribution in [-0.4, -0.2) is 19.4 Å². The molecule has 1 nitrogen and oxygen atoms in total. The Labute approximate surface area is 60.0 Å². The van der Waals surface area contributed by atoms with Crippen LogP contribution in [0.15, 0.2) is 0 Å². The monoisotopic (exact) mass is 159 g/mol. The molecule has 0 fully saturated rings. The summed E-state index contributed by atoms with van der Waals surface area (Å²) in [7, 11) is 0. The lowest BCUT2D eigenvalue weighted by atomic mass is 10.2. The molecule has 0 aromatic carbocycles. The quantitative estimate of drug-likeness (QED) is 0.661. The van der Waals surface area contributed by atoms with E-state index in [-0.39, 0.29) is 31.3 Å². The van der Waals surface area contributed by atoms with Crippen LogP contribution in [0.5, 0.6) is 0 Å². The first kappa shape index (κ1) is 11.9. The molecule has 0 aliphatic carbocycles. The fourth-order valence-corrected chi connectivity index (χ4v) is 0.425. The van der Waals surface area contributed by atoms with Crippen LogP contribution in [0.1, 0.15) is 12.8 Å². The van der Waals surface area contributed by atoms with E-state index >= 15 is 0 Å². The Bertz CT molecular complexity index is 48.2. The van der Waals surface area contributed by atoms with Gasteiger partial charge in [-0.2, -0.15) is 0 Å². The van der Waals surface area contributed by atoms with E-state index in [0.717, 1.165) is 0 Å². The van der Waals surface area contributed by atoms with Gasteiger partial charge >= 0.3 is 0 Å². The summed E-state index contributed by atoms with van der Waals surface area (Å²) in [5, 5.41) is 0. The molecule has 0 amide bonds. The van der Waals surface area contributed by atoms with E-state index in [0.29, 0.717) is 0 Å². The molecule has 0 rings (SSSR count). The van der Waals surface area contributed by atoms with Crippen LogP contribution in [0.25, 0.3) is 0 Å². The van der Waals surface area contributed by atoms with Gasteiger partial charge in [0.05, 0.1) is 13.3 Å². The van der Waals surface area contributed by atoms with Gasteiger partial charge in [0, 0.05) is 6.04 Å². The van der Waals surface area contributed by atoms with Crippen molar-refractivity contribution in [2.24, 2.45) is 5.73 Å². The molecule has 9 heavy (non-hydrogen) atoms. The van der Waals surface area contributed by atoms with Crippen LogP contribution in [0.3, 0.4) is 0 Å². The Kier molecular flexibility index (Phi) is 10.7. The van der Waals surface area contributed by atoms with Crippen molar-refractivity contribution < 1.29 is 8.78 Å². The molecule has 0 bridgehead atoms. The van der Waals surface area contributed by atoms with Gasteiger partial charge in [-0.3, -0.25) is 8.78 Å². The molecule has 0 heterocycles. The minimum atomic E-state index is -0.443. The molecule has 0 unspecified atom stereocenters. The Morgan fingerprint density at radius 1 is 1.11 bits per heavy atom. The van der Waals surface area contributed by atoms with Crippen molar-refractivity contribution in [2.75, 3.05) is 13.3 Å². The second-order valence-corrected chi connectivity index (χ2v) is 1.72. The number of hydrogen-bond donors (Lipinski definition) is 1.